The number of hydrogen-bond donors (Lipinski definition) is 3. The van der Waals surface area contributed by atoms with Gasteiger partial charge in [-0.15, -0.1) is 0 Å². The lowest BCUT2D eigenvalue weighted by atomic mass is 9.98. The van der Waals surface area contributed by atoms with Crippen molar-refractivity contribution in [3.05, 3.63) is 0 Å². The normalized spacial score (nSPS) is 11.6. The van der Waals surface area contributed by atoms with Gasteiger partial charge in [0.15, 0.2) is 0 Å². The summed E-state index contributed by atoms with van der Waals surface area (Å²) in [4.78, 5) is 11.2. The van der Waals surface area contributed by atoms with Crippen molar-refractivity contribution in [2.24, 2.45) is 0 Å². The number of aliphatic hydroxyl groups is 1. The van der Waals surface area contributed by atoms with Crippen molar-refractivity contribution < 1.29 is 9.90 Å². The summed E-state index contributed by atoms with van der Waals surface area (Å²) in [5.41, 5.74) is -0.770. The molecule has 0 bridgehead atoms. The summed E-state index contributed by atoms with van der Waals surface area (Å²) in [5.74, 6) is 0. The molecule has 84 valence electrons. The summed E-state index contributed by atoms with van der Waals surface area (Å²) < 4.78 is 0. The number of urea groups is 1. The first-order valence-electron chi connectivity index (χ1n) is 5.20. The van der Waals surface area contributed by atoms with Crippen molar-refractivity contribution in [3.63, 3.8) is 0 Å². The van der Waals surface area contributed by atoms with Gasteiger partial charge in [-0.2, -0.15) is 0 Å². The third kappa shape index (κ3) is 5.07. The molecule has 0 atom stereocenters. The van der Waals surface area contributed by atoms with E-state index in [9.17, 15) is 9.90 Å². The average molecular weight is 202 g/mol. The fourth-order valence-electron chi connectivity index (χ4n) is 1.06. The highest BCUT2D eigenvalue weighted by Crippen LogP contribution is 2.12. The van der Waals surface area contributed by atoms with Crippen LogP contribution >= 0.6 is 0 Å². The number of nitrogens with one attached hydrogen (secondary N) is 2. The Bertz CT molecular complexity index is 177. The Labute approximate surface area is 86.1 Å². The number of hydrogen-bond acceptors (Lipinski definition) is 2. The summed E-state index contributed by atoms with van der Waals surface area (Å²) in [6, 6.07) is -0.105. The summed E-state index contributed by atoms with van der Waals surface area (Å²) in [6.07, 6.45) is 1.29. The fourth-order valence-corrected chi connectivity index (χ4v) is 1.06. The summed E-state index contributed by atoms with van der Waals surface area (Å²) in [7, 11) is 0. The van der Waals surface area contributed by atoms with E-state index in [2.05, 4.69) is 10.6 Å². The van der Waals surface area contributed by atoms with E-state index in [1.807, 2.05) is 27.7 Å². The molecule has 0 aliphatic rings. The van der Waals surface area contributed by atoms with Gasteiger partial charge in [-0.3, -0.25) is 0 Å². The fraction of sp³-hybridized carbons (Fsp3) is 0.900. The van der Waals surface area contributed by atoms with E-state index in [1.165, 1.54) is 0 Å². The van der Waals surface area contributed by atoms with Crippen LogP contribution in [-0.2, 0) is 0 Å². The molecule has 0 fully saturated rings. The lowest BCUT2D eigenvalue weighted by Gasteiger charge is -2.25. The van der Waals surface area contributed by atoms with Crippen LogP contribution in [0.4, 0.5) is 4.79 Å². The van der Waals surface area contributed by atoms with Crippen molar-refractivity contribution >= 4 is 6.03 Å². The van der Waals surface area contributed by atoms with Crippen LogP contribution in [0.15, 0.2) is 0 Å². The van der Waals surface area contributed by atoms with E-state index in [0.717, 1.165) is 0 Å². The second kappa shape index (κ2) is 5.86. The van der Waals surface area contributed by atoms with Crippen LogP contribution in [0, 0.1) is 0 Å². The third-order valence-electron chi connectivity index (χ3n) is 2.31. The maximum Gasteiger partial charge on any atom is 0.315 e. The molecule has 0 spiro atoms. The minimum Gasteiger partial charge on any atom is -0.388 e. The van der Waals surface area contributed by atoms with Gasteiger partial charge >= 0.3 is 6.03 Å². The van der Waals surface area contributed by atoms with Crippen molar-refractivity contribution in [3.8, 4) is 0 Å². The van der Waals surface area contributed by atoms with Gasteiger partial charge in [-0.05, 0) is 26.7 Å². The van der Waals surface area contributed by atoms with Gasteiger partial charge < -0.3 is 15.7 Å². The van der Waals surface area contributed by atoms with E-state index in [-0.39, 0.29) is 12.1 Å². The highest BCUT2D eigenvalue weighted by molar-refractivity contribution is 5.74. The molecule has 0 unspecified atom stereocenters. The number of carbonyl (C=O) groups is 1. The van der Waals surface area contributed by atoms with Gasteiger partial charge in [-0.1, -0.05) is 13.8 Å². The monoisotopic (exact) mass is 202 g/mol. The number of amides is 2. The minimum atomic E-state index is -0.770. The first-order chi connectivity index (χ1) is 6.43. The molecule has 0 aromatic heterocycles. The highest BCUT2D eigenvalue weighted by atomic mass is 16.3. The highest BCUT2D eigenvalue weighted by Gasteiger charge is 2.22. The summed E-state index contributed by atoms with van der Waals surface area (Å²) in [6.45, 7) is 7.91. The van der Waals surface area contributed by atoms with Crippen LogP contribution in [0.5, 0.6) is 0 Å². The van der Waals surface area contributed by atoms with Gasteiger partial charge in [0, 0.05) is 12.6 Å². The third-order valence-corrected chi connectivity index (χ3v) is 2.31. The number of carbonyl (C=O) groups excluding carboxylic acids is 1. The predicted molar refractivity (Wildman–Crippen MR) is 57.2 cm³/mol. The Morgan fingerprint density at radius 1 is 1.36 bits per heavy atom. The minimum absolute atomic E-state index is 0.117. The molecule has 0 aliphatic heterocycles. The van der Waals surface area contributed by atoms with Gasteiger partial charge in [0.25, 0.3) is 0 Å². The van der Waals surface area contributed by atoms with Crippen LogP contribution in [0.3, 0.4) is 0 Å². The van der Waals surface area contributed by atoms with Crippen LogP contribution in [0.2, 0.25) is 0 Å². The van der Waals surface area contributed by atoms with Crippen LogP contribution in [0.1, 0.15) is 40.5 Å². The molecule has 0 aromatic rings. The SMILES string of the molecule is CCC(O)(CC)CNC(=O)NC(C)C. The van der Waals surface area contributed by atoms with Crippen molar-refractivity contribution in [1.82, 2.24) is 10.6 Å². The molecule has 2 amide bonds. The topological polar surface area (TPSA) is 61.4 Å². The molecule has 4 nitrogen and oxygen atoms in total. The number of rotatable bonds is 5. The van der Waals surface area contributed by atoms with Gasteiger partial charge in [0.2, 0.25) is 0 Å². The lowest BCUT2D eigenvalue weighted by molar-refractivity contribution is 0.0349. The first kappa shape index (κ1) is 13.2. The smallest absolute Gasteiger partial charge is 0.315 e. The molecule has 3 N–H and O–H groups in total. The Morgan fingerprint density at radius 3 is 2.21 bits per heavy atom. The first-order valence-corrected chi connectivity index (χ1v) is 5.20. The molecular weight excluding hydrogens is 180 g/mol. The Morgan fingerprint density at radius 2 is 1.86 bits per heavy atom. The lowest BCUT2D eigenvalue weighted by Crippen LogP contribution is -2.47. The zero-order valence-electron chi connectivity index (χ0n) is 9.55. The van der Waals surface area contributed by atoms with Crippen LogP contribution in [-0.4, -0.2) is 29.3 Å². The van der Waals surface area contributed by atoms with E-state index in [4.69, 9.17) is 0 Å². The van der Waals surface area contributed by atoms with Gasteiger partial charge in [0.05, 0.1) is 5.60 Å². The zero-order valence-corrected chi connectivity index (χ0v) is 9.55. The Kier molecular flexibility index (Phi) is 5.53. The molecule has 0 heterocycles. The summed E-state index contributed by atoms with van der Waals surface area (Å²) in [5, 5.41) is 15.2. The van der Waals surface area contributed by atoms with E-state index >= 15 is 0 Å². The van der Waals surface area contributed by atoms with Crippen molar-refractivity contribution in [2.45, 2.75) is 52.2 Å². The molecule has 0 radical (unpaired) electrons. The maximum atomic E-state index is 11.2. The molecule has 0 saturated carbocycles. The molecular formula is C10H22N2O2. The second-order valence-corrected chi connectivity index (χ2v) is 3.91. The van der Waals surface area contributed by atoms with E-state index in [0.29, 0.717) is 19.4 Å². The average Bonchev–Trinajstić information content (AvgIpc) is 2.13. The molecule has 0 saturated heterocycles. The quantitative estimate of drug-likeness (QED) is 0.628. The Balaban J connectivity index is 3.86. The Hall–Kier alpha value is -0.770. The van der Waals surface area contributed by atoms with E-state index < -0.39 is 5.60 Å². The molecule has 4 heteroatoms. The summed E-state index contributed by atoms with van der Waals surface area (Å²) >= 11 is 0. The molecule has 0 aromatic carbocycles. The van der Waals surface area contributed by atoms with Gasteiger partial charge in [-0.25, -0.2) is 4.79 Å². The van der Waals surface area contributed by atoms with Crippen molar-refractivity contribution in [2.75, 3.05) is 6.54 Å². The van der Waals surface area contributed by atoms with Gasteiger partial charge in [0.1, 0.15) is 0 Å². The van der Waals surface area contributed by atoms with E-state index in [1.54, 1.807) is 0 Å². The standard InChI is InChI=1S/C10H22N2O2/c1-5-10(14,6-2)7-11-9(13)12-8(3)4/h8,14H,5-7H2,1-4H3,(H2,11,12,13). The zero-order chi connectivity index (χ0) is 11.2. The van der Waals surface area contributed by atoms with Crippen molar-refractivity contribution in [1.29, 1.82) is 0 Å². The maximum absolute atomic E-state index is 11.2. The predicted octanol–water partition coefficient (Wildman–Crippen LogP) is 1.25. The molecule has 0 aliphatic carbocycles. The largest absolute Gasteiger partial charge is 0.388 e. The van der Waals surface area contributed by atoms with Crippen LogP contribution < -0.4 is 10.6 Å². The molecule has 14 heavy (non-hydrogen) atoms. The second-order valence-electron chi connectivity index (χ2n) is 3.91. The molecule has 0 rings (SSSR count). The van der Waals surface area contributed by atoms with Crippen LogP contribution in [0.25, 0.3) is 0 Å².